The first-order valence-electron chi connectivity index (χ1n) is 7.52. The van der Waals surface area contributed by atoms with Gasteiger partial charge in [0.05, 0.1) is 10.9 Å². The van der Waals surface area contributed by atoms with Gasteiger partial charge >= 0.3 is 0 Å². The molecule has 1 aliphatic rings. The molecular formula is C17H18FNO3S. The number of nitrogens with zero attached hydrogens (tertiary/aromatic N) is 1. The molecule has 0 saturated carbocycles. The molecule has 0 amide bonds. The minimum atomic E-state index is -3.51. The van der Waals surface area contributed by atoms with Gasteiger partial charge in [0.25, 0.3) is 0 Å². The van der Waals surface area contributed by atoms with Crippen molar-refractivity contribution in [1.82, 2.24) is 4.31 Å². The lowest BCUT2D eigenvalue weighted by atomic mass is 10.2. The van der Waals surface area contributed by atoms with Gasteiger partial charge in [-0.2, -0.15) is 4.31 Å². The van der Waals surface area contributed by atoms with Gasteiger partial charge in [-0.15, -0.1) is 0 Å². The standard InChI is InChI=1S/C17H18FNO3S/c18-14-8-10-16(11-9-14)22-13-15-5-4-12-19(15)23(20,21)17-6-2-1-3-7-17/h1-3,6-11,15H,4-5,12-13H2/t15-/m0/s1. The fourth-order valence-electron chi connectivity index (χ4n) is 2.74. The number of ether oxygens (including phenoxy) is 1. The van der Waals surface area contributed by atoms with Gasteiger partial charge in [0, 0.05) is 6.54 Å². The van der Waals surface area contributed by atoms with E-state index in [4.69, 9.17) is 4.74 Å². The van der Waals surface area contributed by atoms with Gasteiger partial charge in [-0.1, -0.05) is 18.2 Å². The lowest BCUT2D eigenvalue weighted by Gasteiger charge is -2.24. The number of halogens is 1. The number of hydrogen-bond acceptors (Lipinski definition) is 3. The first-order valence-corrected chi connectivity index (χ1v) is 8.96. The molecule has 1 saturated heterocycles. The van der Waals surface area contributed by atoms with E-state index in [1.54, 1.807) is 42.5 Å². The van der Waals surface area contributed by atoms with Crippen LogP contribution >= 0.6 is 0 Å². The summed E-state index contributed by atoms with van der Waals surface area (Å²) in [6.07, 6.45) is 1.57. The Kier molecular flexibility index (Phi) is 4.63. The molecule has 0 spiro atoms. The predicted molar refractivity (Wildman–Crippen MR) is 85.3 cm³/mol. The highest BCUT2D eigenvalue weighted by Gasteiger charge is 2.35. The molecule has 4 nitrogen and oxygen atoms in total. The third-order valence-electron chi connectivity index (χ3n) is 3.93. The van der Waals surface area contributed by atoms with E-state index in [2.05, 4.69) is 0 Å². The molecule has 122 valence electrons. The first-order chi connectivity index (χ1) is 11.1. The van der Waals surface area contributed by atoms with Gasteiger partial charge in [0.1, 0.15) is 18.2 Å². The highest BCUT2D eigenvalue weighted by Crippen LogP contribution is 2.26. The van der Waals surface area contributed by atoms with Crippen LogP contribution in [0.25, 0.3) is 0 Å². The van der Waals surface area contributed by atoms with Crippen LogP contribution in [-0.2, 0) is 10.0 Å². The molecule has 0 bridgehead atoms. The summed E-state index contributed by atoms with van der Waals surface area (Å²) in [5, 5.41) is 0. The van der Waals surface area contributed by atoms with E-state index in [1.807, 2.05) is 0 Å². The Hall–Kier alpha value is -1.92. The van der Waals surface area contributed by atoms with Crippen LogP contribution in [0.4, 0.5) is 4.39 Å². The maximum atomic E-state index is 12.9. The highest BCUT2D eigenvalue weighted by molar-refractivity contribution is 7.89. The number of rotatable bonds is 5. The Morgan fingerprint density at radius 2 is 1.78 bits per heavy atom. The Morgan fingerprint density at radius 1 is 1.09 bits per heavy atom. The maximum absolute atomic E-state index is 12.9. The van der Waals surface area contributed by atoms with Crippen molar-refractivity contribution < 1.29 is 17.5 Å². The Bertz CT molecular complexity index is 747. The van der Waals surface area contributed by atoms with Crippen molar-refractivity contribution in [2.75, 3.05) is 13.2 Å². The van der Waals surface area contributed by atoms with Crippen LogP contribution in [0.15, 0.2) is 59.5 Å². The molecule has 0 aromatic heterocycles. The average molecular weight is 335 g/mol. The van der Waals surface area contributed by atoms with E-state index in [9.17, 15) is 12.8 Å². The molecule has 0 radical (unpaired) electrons. The molecule has 1 atom stereocenters. The molecule has 1 aliphatic heterocycles. The van der Waals surface area contributed by atoms with E-state index in [1.165, 1.54) is 16.4 Å². The van der Waals surface area contributed by atoms with Gasteiger partial charge in [0.2, 0.25) is 10.0 Å². The topological polar surface area (TPSA) is 46.6 Å². The third kappa shape index (κ3) is 3.54. The summed E-state index contributed by atoms with van der Waals surface area (Å²) in [4.78, 5) is 0.300. The summed E-state index contributed by atoms with van der Waals surface area (Å²) in [5.41, 5.74) is 0. The van der Waals surface area contributed by atoms with Crippen LogP contribution in [0.5, 0.6) is 5.75 Å². The highest BCUT2D eigenvalue weighted by atomic mass is 32.2. The Morgan fingerprint density at radius 3 is 2.48 bits per heavy atom. The van der Waals surface area contributed by atoms with Crippen molar-refractivity contribution in [1.29, 1.82) is 0 Å². The number of hydrogen-bond donors (Lipinski definition) is 0. The number of benzene rings is 2. The molecular weight excluding hydrogens is 317 g/mol. The van der Waals surface area contributed by atoms with Gasteiger partial charge in [-0.05, 0) is 49.2 Å². The van der Waals surface area contributed by atoms with Gasteiger partial charge in [0.15, 0.2) is 0 Å². The summed E-state index contributed by atoms with van der Waals surface area (Å²) < 4.78 is 45.5. The smallest absolute Gasteiger partial charge is 0.243 e. The minimum absolute atomic E-state index is 0.203. The molecule has 6 heteroatoms. The minimum Gasteiger partial charge on any atom is -0.492 e. The van der Waals surface area contributed by atoms with Crippen LogP contribution < -0.4 is 4.74 Å². The van der Waals surface area contributed by atoms with Gasteiger partial charge < -0.3 is 4.74 Å². The molecule has 3 rings (SSSR count). The van der Waals surface area contributed by atoms with Crippen LogP contribution in [-0.4, -0.2) is 31.9 Å². The second kappa shape index (κ2) is 6.68. The van der Waals surface area contributed by atoms with Gasteiger partial charge in [-0.3, -0.25) is 0 Å². The molecule has 2 aromatic carbocycles. The Balaban J connectivity index is 1.71. The second-order valence-electron chi connectivity index (χ2n) is 5.49. The van der Waals surface area contributed by atoms with E-state index in [0.29, 0.717) is 17.2 Å². The van der Waals surface area contributed by atoms with E-state index < -0.39 is 10.0 Å². The van der Waals surface area contributed by atoms with E-state index in [0.717, 1.165) is 12.8 Å². The molecule has 0 unspecified atom stereocenters. The Labute approximate surface area is 135 Å². The fraction of sp³-hybridized carbons (Fsp3) is 0.294. The largest absolute Gasteiger partial charge is 0.492 e. The number of sulfonamides is 1. The van der Waals surface area contributed by atoms with Crippen molar-refractivity contribution in [3.8, 4) is 5.75 Å². The van der Waals surface area contributed by atoms with E-state index >= 15 is 0 Å². The third-order valence-corrected chi connectivity index (χ3v) is 5.89. The van der Waals surface area contributed by atoms with Crippen molar-refractivity contribution in [2.45, 2.75) is 23.8 Å². The van der Waals surface area contributed by atoms with E-state index in [-0.39, 0.29) is 18.5 Å². The molecule has 23 heavy (non-hydrogen) atoms. The SMILES string of the molecule is O=S(=O)(c1ccccc1)N1CCC[C@H]1COc1ccc(F)cc1. The van der Waals surface area contributed by atoms with Crippen LogP contribution in [0.1, 0.15) is 12.8 Å². The van der Waals surface area contributed by atoms with Crippen LogP contribution in [0.2, 0.25) is 0 Å². The monoisotopic (exact) mass is 335 g/mol. The maximum Gasteiger partial charge on any atom is 0.243 e. The van der Waals surface area contributed by atoms with Crippen molar-refractivity contribution in [3.63, 3.8) is 0 Å². The molecule has 0 N–H and O–H groups in total. The fourth-order valence-corrected chi connectivity index (χ4v) is 4.44. The zero-order valence-corrected chi connectivity index (χ0v) is 13.4. The summed E-state index contributed by atoms with van der Waals surface area (Å²) in [6, 6.07) is 14.0. The summed E-state index contributed by atoms with van der Waals surface area (Å²) in [7, 11) is -3.51. The van der Waals surface area contributed by atoms with Crippen molar-refractivity contribution >= 4 is 10.0 Å². The summed E-state index contributed by atoms with van der Waals surface area (Å²) in [5.74, 6) is 0.210. The average Bonchev–Trinajstić information content (AvgIpc) is 3.04. The lowest BCUT2D eigenvalue weighted by molar-refractivity contribution is 0.232. The zero-order valence-electron chi connectivity index (χ0n) is 12.6. The zero-order chi connectivity index (χ0) is 16.3. The quantitative estimate of drug-likeness (QED) is 0.844. The van der Waals surface area contributed by atoms with Crippen molar-refractivity contribution in [2.24, 2.45) is 0 Å². The molecule has 1 heterocycles. The lowest BCUT2D eigenvalue weighted by Crippen LogP contribution is -2.39. The molecule has 0 aliphatic carbocycles. The predicted octanol–water partition coefficient (Wildman–Crippen LogP) is 3.06. The van der Waals surface area contributed by atoms with Crippen molar-refractivity contribution in [3.05, 3.63) is 60.4 Å². The summed E-state index contributed by atoms with van der Waals surface area (Å²) in [6.45, 7) is 0.756. The summed E-state index contributed by atoms with van der Waals surface area (Å²) >= 11 is 0. The second-order valence-corrected chi connectivity index (χ2v) is 7.38. The molecule has 2 aromatic rings. The molecule has 1 fully saturated rings. The van der Waals surface area contributed by atoms with Crippen LogP contribution in [0.3, 0.4) is 0 Å². The van der Waals surface area contributed by atoms with Gasteiger partial charge in [-0.25, -0.2) is 12.8 Å². The first kappa shape index (κ1) is 16.0. The normalized spacial score (nSPS) is 18.9. The van der Waals surface area contributed by atoms with Crippen LogP contribution in [0, 0.1) is 5.82 Å².